The van der Waals surface area contributed by atoms with E-state index in [9.17, 15) is 14.0 Å². The van der Waals surface area contributed by atoms with Gasteiger partial charge in [0.1, 0.15) is 5.82 Å². The topological polar surface area (TPSA) is 49.4 Å². The molecule has 0 saturated carbocycles. The molecule has 17 heavy (non-hydrogen) atoms. The molecule has 1 aliphatic rings. The van der Waals surface area contributed by atoms with Crippen LogP contribution in [0.15, 0.2) is 18.2 Å². The van der Waals surface area contributed by atoms with E-state index in [1.54, 1.807) is 26.0 Å². The molecule has 0 bridgehead atoms. The third kappa shape index (κ3) is 2.13. The van der Waals surface area contributed by atoms with E-state index in [-0.39, 0.29) is 24.1 Å². The number of amides is 3. The van der Waals surface area contributed by atoms with E-state index in [2.05, 4.69) is 5.32 Å². The number of halogens is 1. The fraction of sp³-hybridized carbons (Fsp3) is 0.333. The normalized spacial score (nSPS) is 20.4. The summed E-state index contributed by atoms with van der Waals surface area (Å²) in [5, 5.41) is 2.20. The second-order valence-electron chi connectivity index (χ2n) is 4.26. The van der Waals surface area contributed by atoms with Gasteiger partial charge in [-0.05, 0) is 24.6 Å². The van der Waals surface area contributed by atoms with Crippen molar-refractivity contribution in [3.05, 3.63) is 29.6 Å². The van der Waals surface area contributed by atoms with E-state index >= 15 is 0 Å². The Bertz CT molecular complexity index is 487. The molecule has 3 amide bonds. The van der Waals surface area contributed by atoms with Crippen molar-refractivity contribution >= 4 is 17.6 Å². The lowest BCUT2D eigenvalue weighted by atomic mass is 10.1. The first-order valence-electron chi connectivity index (χ1n) is 5.37. The molecule has 1 atom stereocenters. The van der Waals surface area contributed by atoms with Crippen molar-refractivity contribution < 1.29 is 14.0 Å². The number of hydrogen-bond donors (Lipinski definition) is 1. The van der Waals surface area contributed by atoms with Crippen LogP contribution in [0.1, 0.15) is 12.5 Å². The molecule has 1 saturated heterocycles. The number of hydrogen-bond acceptors (Lipinski definition) is 2. The number of nitrogens with one attached hydrogen (secondary N) is 1. The summed E-state index contributed by atoms with van der Waals surface area (Å²) in [6, 6.07) is 4.07. The third-order valence-electron chi connectivity index (χ3n) is 2.77. The Morgan fingerprint density at radius 1 is 1.41 bits per heavy atom. The van der Waals surface area contributed by atoms with Crippen LogP contribution in [0.25, 0.3) is 0 Å². The Balaban J connectivity index is 2.33. The molecule has 1 aromatic carbocycles. The van der Waals surface area contributed by atoms with Gasteiger partial charge in [-0.2, -0.15) is 0 Å². The number of carbonyl (C=O) groups excluding carboxylic acids is 2. The van der Waals surface area contributed by atoms with Crippen molar-refractivity contribution in [2.45, 2.75) is 13.8 Å². The SMILES string of the molecule is Cc1ccc(N2CC(C)C(=O)NC2=O)c(F)c1. The van der Waals surface area contributed by atoms with Crippen LogP contribution in [-0.2, 0) is 4.79 Å². The lowest BCUT2D eigenvalue weighted by Crippen LogP contribution is -2.54. The van der Waals surface area contributed by atoms with Crippen LogP contribution in [0.5, 0.6) is 0 Å². The van der Waals surface area contributed by atoms with Crippen molar-refractivity contribution in [3.8, 4) is 0 Å². The molecule has 90 valence electrons. The van der Waals surface area contributed by atoms with Gasteiger partial charge in [-0.25, -0.2) is 9.18 Å². The van der Waals surface area contributed by atoms with E-state index in [1.807, 2.05) is 0 Å². The highest BCUT2D eigenvalue weighted by Gasteiger charge is 2.31. The molecule has 1 heterocycles. The molecule has 1 N–H and O–H groups in total. The van der Waals surface area contributed by atoms with E-state index < -0.39 is 11.8 Å². The minimum Gasteiger partial charge on any atom is -0.290 e. The van der Waals surface area contributed by atoms with Gasteiger partial charge in [0, 0.05) is 6.54 Å². The molecule has 1 unspecified atom stereocenters. The van der Waals surface area contributed by atoms with Gasteiger partial charge in [0.25, 0.3) is 0 Å². The summed E-state index contributed by atoms with van der Waals surface area (Å²) in [6.07, 6.45) is 0. The minimum absolute atomic E-state index is 0.199. The molecule has 0 aromatic heterocycles. The zero-order valence-electron chi connectivity index (χ0n) is 9.66. The monoisotopic (exact) mass is 236 g/mol. The van der Waals surface area contributed by atoms with Gasteiger partial charge in [-0.1, -0.05) is 13.0 Å². The maximum Gasteiger partial charge on any atom is 0.328 e. The van der Waals surface area contributed by atoms with Crippen LogP contribution in [0.3, 0.4) is 0 Å². The number of imide groups is 1. The number of urea groups is 1. The van der Waals surface area contributed by atoms with Crippen LogP contribution in [0.4, 0.5) is 14.9 Å². The first-order valence-corrected chi connectivity index (χ1v) is 5.37. The Labute approximate surface area is 98.4 Å². The lowest BCUT2D eigenvalue weighted by molar-refractivity contribution is -0.123. The standard InChI is InChI=1S/C12H13FN2O2/c1-7-3-4-10(9(13)5-7)15-6-8(2)11(16)14-12(15)17/h3-5,8H,6H2,1-2H3,(H,14,16,17). The van der Waals surface area contributed by atoms with Gasteiger partial charge in [-0.15, -0.1) is 0 Å². The molecule has 0 spiro atoms. The summed E-state index contributed by atoms with van der Waals surface area (Å²) in [5.41, 5.74) is 0.986. The fourth-order valence-electron chi connectivity index (χ4n) is 1.77. The average molecular weight is 236 g/mol. The number of aryl methyl sites for hydroxylation is 1. The van der Waals surface area contributed by atoms with Crippen LogP contribution in [0, 0.1) is 18.7 Å². The van der Waals surface area contributed by atoms with Crippen molar-refractivity contribution in [2.75, 3.05) is 11.4 Å². The van der Waals surface area contributed by atoms with Gasteiger partial charge in [0.2, 0.25) is 5.91 Å². The largest absolute Gasteiger partial charge is 0.328 e. The number of benzene rings is 1. The highest BCUT2D eigenvalue weighted by molar-refractivity contribution is 6.06. The zero-order valence-corrected chi connectivity index (χ0v) is 9.66. The van der Waals surface area contributed by atoms with Gasteiger partial charge in [0.15, 0.2) is 0 Å². The summed E-state index contributed by atoms with van der Waals surface area (Å²) in [6.45, 7) is 3.67. The number of anilines is 1. The summed E-state index contributed by atoms with van der Waals surface area (Å²) in [7, 11) is 0. The van der Waals surface area contributed by atoms with Crippen molar-refractivity contribution in [1.29, 1.82) is 0 Å². The molecule has 2 rings (SSSR count). The summed E-state index contributed by atoms with van der Waals surface area (Å²) in [4.78, 5) is 24.1. The molecular formula is C12H13FN2O2. The third-order valence-corrected chi connectivity index (χ3v) is 2.77. The summed E-state index contributed by atoms with van der Waals surface area (Å²) < 4.78 is 13.7. The van der Waals surface area contributed by atoms with Crippen LogP contribution < -0.4 is 10.2 Å². The van der Waals surface area contributed by atoms with Crippen molar-refractivity contribution in [2.24, 2.45) is 5.92 Å². The Morgan fingerprint density at radius 2 is 2.12 bits per heavy atom. The molecule has 1 fully saturated rings. The van der Waals surface area contributed by atoms with E-state index in [1.165, 1.54) is 11.0 Å². The van der Waals surface area contributed by atoms with Crippen LogP contribution >= 0.6 is 0 Å². The lowest BCUT2D eigenvalue weighted by Gasteiger charge is -2.30. The van der Waals surface area contributed by atoms with E-state index in [0.29, 0.717) is 0 Å². The molecule has 0 radical (unpaired) electrons. The fourth-order valence-corrected chi connectivity index (χ4v) is 1.77. The molecule has 1 aliphatic heterocycles. The predicted molar refractivity (Wildman–Crippen MR) is 61.2 cm³/mol. The molecule has 5 heteroatoms. The quantitative estimate of drug-likeness (QED) is 0.808. The Hall–Kier alpha value is -1.91. The Kier molecular flexibility index (Phi) is 2.83. The van der Waals surface area contributed by atoms with Crippen LogP contribution in [-0.4, -0.2) is 18.5 Å². The van der Waals surface area contributed by atoms with E-state index in [4.69, 9.17) is 0 Å². The van der Waals surface area contributed by atoms with Crippen molar-refractivity contribution in [3.63, 3.8) is 0 Å². The average Bonchev–Trinajstić information content (AvgIpc) is 2.24. The second kappa shape index (κ2) is 4.16. The number of carbonyl (C=O) groups is 2. The first kappa shape index (κ1) is 11.6. The zero-order chi connectivity index (χ0) is 12.6. The predicted octanol–water partition coefficient (Wildman–Crippen LogP) is 1.83. The molecule has 4 nitrogen and oxygen atoms in total. The summed E-state index contributed by atoms with van der Waals surface area (Å²) >= 11 is 0. The van der Waals surface area contributed by atoms with Gasteiger partial charge in [-0.3, -0.25) is 15.0 Å². The summed E-state index contributed by atoms with van der Waals surface area (Å²) in [5.74, 6) is -1.12. The second-order valence-corrected chi connectivity index (χ2v) is 4.26. The highest BCUT2D eigenvalue weighted by Crippen LogP contribution is 2.23. The smallest absolute Gasteiger partial charge is 0.290 e. The molecule has 0 aliphatic carbocycles. The maximum absolute atomic E-state index is 13.7. The number of nitrogens with zero attached hydrogens (tertiary/aromatic N) is 1. The van der Waals surface area contributed by atoms with Crippen LogP contribution in [0.2, 0.25) is 0 Å². The van der Waals surface area contributed by atoms with E-state index in [0.717, 1.165) is 5.56 Å². The maximum atomic E-state index is 13.7. The number of rotatable bonds is 1. The molecular weight excluding hydrogens is 223 g/mol. The highest BCUT2D eigenvalue weighted by atomic mass is 19.1. The Morgan fingerprint density at radius 3 is 2.76 bits per heavy atom. The van der Waals surface area contributed by atoms with Crippen molar-refractivity contribution in [1.82, 2.24) is 5.32 Å². The van der Waals surface area contributed by atoms with Gasteiger partial charge in [0.05, 0.1) is 11.6 Å². The van der Waals surface area contributed by atoms with Gasteiger partial charge >= 0.3 is 6.03 Å². The minimum atomic E-state index is -0.573. The van der Waals surface area contributed by atoms with Gasteiger partial charge < -0.3 is 0 Å². The molecule has 1 aromatic rings. The first-order chi connectivity index (χ1) is 7.99.